The summed E-state index contributed by atoms with van der Waals surface area (Å²) in [6.07, 6.45) is 1.12. The van der Waals surface area contributed by atoms with E-state index in [1.165, 1.54) is 0 Å². The SMILES string of the molecule is CCCN(N)CCS. The van der Waals surface area contributed by atoms with Gasteiger partial charge in [0, 0.05) is 18.8 Å². The van der Waals surface area contributed by atoms with Crippen LogP contribution in [0.2, 0.25) is 0 Å². The molecule has 3 heteroatoms. The smallest absolute Gasteiger partial charge is 0.0217 e. The van der Waals surface area contributed by atoms with E-state index >= 15 is 0 Å². The van der Waals surface area contributed by atoms with Crippen molar-refractivity contribution in [2.24, 2.45) is 5.84 Å². The van der Waals surface area contributed by atoms with Crippen LogP contribution in [-0.2, 0) is 0 Å². The van der Waals surface area contributed by atoms with Gasteiger partial charge in [-0.15, -0.1) is 0 Å². The first-order chi connectivity index (χ1) is 3.81. The average molecular weight is 134 g/mol. The number of rotatable bonds is 4. The molecule has 0 radical (unpaired) electrons. The van der Waals surface area contributed by atoms with Crippen molar-refractivity contribution in [3.05, 3.63) is 0 Å². The zero-order chi connectivity index (χ0) is 6.41. The molecule has 0 aromatic heterocycles. The lowest BCUT2D eigenvalue weighted by Crippen LogP contribution is -2.33. The predicted octanol–water partition coefficient (Wildman–Crippen LogP) is 0.502. The Morgan fingerprint density at radius 2 is 2.12 bits per heavy atom. The summed E-state index contributed by atoms with van der Waals surface area (Å²) in [6, 6.07) is 0. The Bertz CT molecular complexity index is 43.7. The molecule has 0 aromatic carbocycles. The van der Waals surface area contributed by atoms with E-state index in [0.29, 0.717) is 0 Å². The number of thiol groups is 1. The van der Waals surface area contributed by atoms with Crippen LogP contribution in [0.3, 0.4) is 0 Å². The first-order valence-corrected chi connectivity index (χ1v) is 3.55. The highest BCUT2D eigenvalue weighted by molar-refractivity contribution is 7.80. The Hall–Kier alpha value is 0.270. The highest BCUT2D eigenvalue weighted by Crippen LogP contribution is 1.82. The summed E-state index contributed by atoms with van der Waals surface area (Å²) in [4.78, 5) is 0. The summed E-state index contributed by atoms with van der Waals surface area (Å²) in [5.41, 5.74) is 0. The third kappa shape index (κ3) is 4.43. The van der Waals surface area contributed by atoms with Crippen LogP contribution in [0.4, 0.5) is 0 Å². The van der Waals surface area contributed by atoms with E-state index in [4.69, 9.17) is 5.84 Å². The van der Waals surface area contributed by atoms with Gasteiger partial charge in [-0.1, -0.05) is 6.92 Å². The van der Waals surface area contributed by atoms with Gasteiger partial charge in [0.05, 0.1) is 0 Å². The van der Waals surface area contributed by atoms with Crippen molar-refractivity contribution in [2.75, 3.05) is 18.8 Å². The standard InChI is InChI=1S/C5H14N2S/c1-2-3-7(6)4-5-8/h8H,2-6H2,1H3. The first-order valence-electron chi connectivity index (χ1n) is 2.91. The lowest BCUT2D eigenvalue weighted by molar-refractivity contribution is 0.302. The second-order valence-electron chi connectivity index (χ2n) is 1.76. The van der Waals surface area contributed by atoms with Crippen molar-refractivity contribution in [3.8, 4) is 0 Å². The van der Waals surface area contributed by atoms with Crippen molar-refractivity contribution in [2.45, 2.75) is 13.3 Å². The number of nitrogens with zero attached hydrogens (tertiary/aromatic N) is 1. The molecule has 0 atom stereocenters. The molecule has 0 amide bonds. The molecule has 0 bridgehead atoms. The normalized spacial score (nSPS) is 10.5. The van der Waals surface area contributed by atoms with Crippen molar-refractivity contribution >= 4 is 12.6 Å². The van der Waals surface area contributed by atoms with Gasteiger partial charge in [-0.3, -0.25) is 5.84 Å². The van der Waals surface area contributed by atoms with E-state index in [1.807, 2.05) is 0 Å². The van der Waals surface area contributed by atoms with Gasteiger partial charge in [-0.05, 0) is 6.42 Å². The molecule has 0 aromatic rings. The summed E-state index contributed by atoms with van der Waals surface area (Å²) < 4.78 is 0. The zero-order valence-electron chi connectivity index (χ0n) is 5.30. The summed E-state index contributed by atoms with van der Waals surface area (Å²) in [5, 5.41) is 1.78. The van der Waals surface area contributed by atoms with Crippen LogP contribution < -0.4 is 5.84 Å². The lowest BCUT2D eigenvalue weighted by Gasteiger charge is -2.11. The minimum Gasteiger partial charge on any atom is -0.269 e. The van der Waals surface area contributed by atoms with E-state index in [2.05, 4.69) is 19.6 Å². The monoisotopic (exact) mass is 134 g/mol. The molecule has 0 saturated heterocycles. The third-order valence-corrected chi connectivity index (χ3v) is 1.10. The van der Waals surface area contributed by atoms with Gasteiger partial charge in [-0.2, -0.15) is 12.6 Å². The van der Waals surface area contributed by atoms with Crippen LogP contribution in [0.5, 0.6) is 0 Å². The van der Waals surface area contributed by atoms with Gasteiger partial charge in [-0.25, -0.2) is 5.01 Å². The second kappa shape index (κ2) is 5.41. The van der Waals surface area contributed by atoms with Crippen LogP contribution >= 0.6 is 12.6 Å². The highest BCUT2D eigenvalue weighted by Gasteiger charge is 1.91. The van der Waals surface area contributed by atoms with Gasteiger partial charge in [0.2, 0.25) is 0 Å². The minimum absolute atomic E-state index is 0.844. The molecule has 2 N–H and O–H groups in total. The number of nitrogens with two attached hydrogens (primary N) is 1. The molecule has 0 unspecified atom stereocenters. The van der Waals surface area contributed by atoms with E-state index < -0.39 is 0 Å². The van der Waals surface area contributed by atoms with E-state index in [1.54, 1.807) is 5.01 Å². The largest absolute Gasteiger partial charge is 0.269 e. The number of hydrazine groups is 1. The molecule has 2 nitrogen and oxygen atoms in total. The van der Waals surface area contributed by atoms with Gasteiger partial charge in [0.25, 0.3) is 0 Å². The topological polar surface area (TPSA) is 29.3 Å². The summed E-state index contributed by atoms with van der Waals surface area (Å²) in [7, 11) is 0. The number of hydrogen-bond donors (Lipinski definition) is 2. The fourth-order valence-electron chi connectivity index (χ4n) is 0.527. The van der Waals surface area contributed by atoms with Crippen LogP contribution in [0.1, 0.15) is 13.3 Å². The number of hydrogen-bond acceptors (Lipinski definition) is 3. The quantitative estimate of drug-likeness (QED) is 0.333. The van der Waals surface area contributed by atoms with Crippen molar-refractivity contribution < 1.29 is 0 Å². The molecule has 0 aliphatic rings. The Balaban J connectivity index is 2.92. The molecule has 0 spiro atoms. The Kier molecular flexibility index (Phi) is 5.59. The average Bonchev–Trinajstić information content (AvgIpc) is 1.68. The van der Waals surface area contributed by atoms with Crippen LogP contribution in [0, 0.1) is 0 Å². The van der Waals surface area contributed by atoms with Crippen molar-refractivity contribution in [1.29, 1.82) is 0 Å². The van der Waals surface area contributed by atoms with Gasteiger partial charge >= 0.3 is 0 Å². The molecular formula is C5H14N2S. The Morgan fingerprint density at radius 1 is 1.50 bits per heavy atom. The molecule has 0 saturated carbocycles. The summed E-state index contributed by atoms with van der Waals surface area (Å²) in [5.74, 6) is 6.32. The van der Waals surface area contributed by atoms with Crippen molar-refractivity contribution in [3.63, 3.8) is 0 Å². The fraction of sp³-hybridized carbons (Fsp3) is 1.00. The second-order valence-corrected chi connectivity index (χ2v) is 2.21. The zero-order valence-corrected chi connectivity index (χ0v) is 6.19. The molecule has 0 heterocycles. The van der Waals surface area contributed by atoms with E-state index in [0.717, 1.165) is 25.3 Å². The Morgan fingerprint density at radius 3 is 2.50 bits per heavy atom. The first kappa shape index (κ1) is 8.27. The molecule has 50 valence electrons. The van der Waals surface area contributed by atoms with Crippen LogP contribution in [0.25, 0.3) is 0 Å². The molecule has 0 aliphatic carbocycles. The minimum atomic E-state index is 0.844. The van der Waals surface area contributed by atoms with E-state index in [-0.39, 0.29) is 0 Å². The maximum atomic E-state index is 5.48. The van der Waals surface area contributed by atoms with Gasteiger partial charge < -0.3 is 0 Å². The third-order valence-electron chi connectivity index (χ3n) is 0.898. The molecule has 0 fully saturated rings. The van der Waals surface area contributed by atoms with Crippen LogP contribution in [0.15, 0.2) is 0 Å². The summed E-state index contributed by atoms with van der Waals surface area (Å²) in [6.45, 7) is 3.97. The van der Waals surface area contributed by atoms with Crippen molar-refractivity contribution in [1.82, 2.24) is 5.01 Å². The van der Waals surface area contributed by atoms with Gasteiger partial charge in [0.15, 0.2) is 0 Å². The predicted molar refractivity (Wildman–Crippen MR) is 39.9 cm³/mol. The maximum absolute atomic E-state index is 5.48. The van der Waals surface area contributed by atoms with E-state index in [9.17, 15) is 0 Å². The molecule has 0 rings (SSSR count). The highest BCUT2D eigenvalue weighted by atomic mass is 32.1. The van der Waals surface area contributed by atoms with Gasteiger partial charge in [0.1, 0.15) is 0 Å². The molecule has 8 heavy (non-hydrogen) atoms. The fourth-order valence-corrected chi connectivity index (χ4v) is 0.784. The lowest BCUT2D eigenvalue weighted by atomic mass is 10.5. The molecule has 0 aliphatic heterocycles. The Labute approximate surface area is 56.4 Å². The van der Waals surface area contributed by atoms with Crippen LogP contribution in [-0.4, -0.2) is 23.9 Å². The molecular weight excluding hydrogens is 120 g/mol. The maximum Gasteiger partial charge on any atom is 0.0217 e. The summed E-state index contributed by atoms with van der Waals surface area (Å²) >= 11 is 4.03.